The number of carbonyl (C=O) groups is 2. The van der Waals surface area contributed by atoms with Crippen molar-refractivity contribution in [2.45, 2.75) is 52.0 Å². The van der Waals surface area contributed by atoms with Crippen LogP contribution in [0.2, 0.25) is 0 Å². The molecule has 0 radical (unpaired) electrons. The zero-order chi connectivity index (χ0) is 23.6. The van der Waals surface area contributed by atoms with Gasteiger partial charge in [-0.1, -0.05) is 55.8 Å². The van der Waals surface area contributed by atoms with Gasteiger partial charge in [0.2, 0.25) is 0 Å². The fourth-order valence-electron chi connectivity index (χ4n) is 3.96. The zero-order valence-electron chi connectivity index (χ0n) is 19.7. The van der Waals surface area contributed by atoms with Crippen molar-refractivity contribution in [2.75, 3.05) is 13.1 Å². The van der Waals surface area contributed by atoms with E-state index in [9.17, 15) is 9.59 Å². The third-order valence-electron chi connectivity index (χ3n) is 6.14. The van der Waals surface area contributed by atoms with Crippen LogP contribution in [0.3, 0.4) is 0 Å². The van der Waals surface area contributed by atoms with Crippen molar-refractivity contribution in [3.63, 3.8) is 0 Å². The minimum Gasteiger partial charge on any atom is -0.349 e. The van der Waals surface area contributed by atoms with E-state index in [1.54, 1.807) is 15.8 Å². The Morgan fingerprint density at radius 2 is 1.61 bits per heavy atom. The summed E-state index contributed by atoms with van der Waals surface area (Å²) in [5.41, 5.74) is 4.27. The minimum absolute atomic E-state index is 0.0482. The Labute approximate surface area is 194 Å². The minimum atomic E-state index is -0.129. The number of aryl methyl sites for hydroxylation is 1. The first-order valence-corrected chi connectivity index (χ1v) is 11.4. The molecule has 2 heterocycles. The predicted molar refractivity (Wildman–Crippen MR) is 128 cm³/mol. The van der Waals surface area contributed by atoms with Gasteiger partial charge in [0.1, 0.15) is 0 Å². The molecular formula is C26H31N5O2. The Bertz CT molecular complexity index is 1120. The van der Waals surface area contributed by atoms with Gasteiger partial charge in [0, 0.05) is 24.7 Å². The third-order valence-corrected chi connectivity index (χ3v) is 6.14. The summed E-state index contributed by atoms with van der Waals surface area (Å²) in [7, 11) is 0. The maximum absolute atomic E-state index is 12.9. The highest BCUT2D eigenvalue weighted by atomic mass is 16.2. The van der Waals surface area contributed by atoms with E-state index >= 15 is 0 Å². The van der Waals surface area contributed by atoms with Gasteiger partial charge in [-0.2, -0.15) is 0 Å². The summed E-state index contributed by atoms with van der Waals surface area (Å²) in [5, 5.41) is 11.3. The molecule has 1 fully saturated rings. The second kappa shape index (κ2) is 9.17. The van der Waals surface area contributed by atoms with Crippen LogP contribution in [0.4, 0.5) is 0 Å². The van der Waals surface area contributed by atoms with Crippen LogP contribution < -0.4 is 5.32 Å². The number of aromatic nitrogens is 3. The van der Waals surface area contributed by atoms with Crippen molar-refractivity contribution < 1.29 is 9.59 Å². The van der Waals surface area contributed by atoms with Crippen LogP contribution in [-0.2, 0) is 5.41 Å². The molecule has 1 aliphatic heterocycles. The number of nitrogens with zero attached hydrogens (tertiary/aromatic N) is 4. The molecule has 1 saturated heterocycles. The molecule has 1 N–H and O–H groups in total. The first-order valence-electron chi connectivity index (χ1n) is 11.4. The van der Waals surface area contributed by atoms with Crippen molar-refractivity contribution in [2.24, 2.45) is 0 Å². The fraction of sp³-hybridized carbons (Fsp3) is 0.385. The number of piperidine rings is 1. The summed E-state index contributed by atoms with van der Waals surface area (Å²) in [5.74, 6) is -0.197. The lowest BCUT2D eigenvalue weighted by atomic mass is 9.86. The number of rotatable bonds is 4. The number of benzene rings is 2. The maximum atomic E-state index is 12.9. The average Bonchev–Trinajstić information content (AvgIpc) is 3.29. The summed E-state index contributed by atoms with van der Waals surface area (Å²) in [6.45, 7) is 9.63. The molecule has 7 nitrogen and oxygen atoms in total. The largest absolute Gasteiger partial charge is 0.349 e. The number of hydrogen-bond donors (Lipinski definition) is 1. The molecule has 0 spiro atoms. The summed E-state index contributed by atoms with van der Waals surface area (Å²) >= 11 is 0. The maximum Gasteiger partial charge on any atom is 0.276 e. The Morgan fingerprint density at radius 3 is 2.21 bits per heavy atom. The van der Waals surface area contributed by atoms with Gasteiger partial charge in [-0.25, -0.2) is 4.68 Å². The van der Waals surface area contributed by atoms with Crippen LogP contribution >= 0.6 is 0 Å². The summed E-state index contributed by atoms with van der Waals surface area (Å²) in [6, 6.07) is 15.7. The van der Waals surface area contributed by atoms with Crippen LogP contribution in [0.25, 0.3) is 5.69 Å². The lowest BCUT2D eigenvalue weighted by Crippen LogP contribution is -2.46. The topological polar surface area (TPSA) is 80.1 Å². The molecule has 0 bridgehead atoms. The van der Waals surface area contributed by atoms with Gasteiger partial charge in [-0.05, 0) is 55.0 Å². The van der Waals surface area contributed by atoms with Gasteiger partial charge in [0.05, 0.1) is 11.9 Å². The first kappa shape index (κ1) is 22.7. The molecule has 0 unspecified atom stereocenters. The lowest BCUT2D eigenvalue weighted by molar-refractivity contribution is 0.0692. The summed E-state index contributed by atoms with van der Waals surface area (Å²) in [4.78, 5) is 27.3. The van der Waals surface area contributed by atoms with Crippen LogP contribution in [0.15, 0.2) is 54.7 Å². The van der Waals surface area contributed by atoms with E-state index in [4.69, 9.17) is 0 Å². The molecule has 7 heteroatoms. The number of amides is 2. The smallest absolute Gasteiger partial charge is 0.276 e. The van der Waals surface area contributed by atoms with Crippen molar-refractivity contribution in [1.29, 1.82) is 0 Å². The lowest BCUT2D eigenvalue weighted by Gasteiger charge is -2.32. The van der Waals surface area contributed by atoms with Crippen molar-refractivity contribution in [1.82, 2.24) is 25.2 Å². The second-order valence-electron chi connectivity index (χ2n) is 9.75. The van der Waals surface area contributed by atoms with Gasteiger partial charge < -0.3 is 10.2 Å². The molecule has 0 aliphatic carbocycles. The van der Waals surface area contributed by atoms with Gasteiger partial charge in [-0.15, -0.1) is 5.10 Å². The predicted octanol–water partition coefficient (Wildman–Crippen LogP) is 3.91. The molecule has 33 heavy (non-hydrogen) atoms. The molecule has 1 aromatic heterocycles. The number of nitrogens with one attached hydrogen (secondary N) is 1. The summed E-state index contributed by atoms with van der Waals surface area (Å²) < 4.78 is 1.62. The molecule has 0 atom stereocenters. The monoisotopic (exact) mass is 445 g/mol. The summed E-state index contributed by atoms with van der Waals surface area (Å²) in [6.07, 6.45) is 3.09. The Balaban J connectivity index is 1.31. The molecule has 1 aliphatic rings. The van der Waals surface area contributed by atoms with Gasteiger partial charge >= 0.3 is 0 Å². The Hall–Kier alpha value is -3.48. The quantitative estimate of drug-likeness (QED) is 0.660. The average molecular weight is 446 g/mol. The first-order chi connectivity index (χ1) is 15.7. The Kier molecular flexibility index (Phi) is 6.31. The third kappa shape index (κ3) is 5.30. The molecule has 172 valence electrons. The molecular weight excluding hydrogens is 414 g/mol. The number of likely N-dealkylation sites (tertiary alicyclic amines) is 1. The van der Waals surface area contributed by atoms with Gasteiger partial charge in [0.15, 0.2) is 5.69 Å². The van der Waals surface area contributed by atoms with Crippen LogP contribution in [0, 0.1) is 6.92 Å². The van der Waals surface area contributed by atoms with E-state index in [0.29, 0.717) is 37.2 Å². The number of hydrogen-bond acceptors (Lipinski definition) is 4. The molecule has 3 aromatic rings. The van der Waals surface area contributed by atoms with Gasteiger partial charge in [-0.3, -0.25) is 9.59 Å². The van der Waals surface area contributed by atoms with E-state index in [0.717, 1.165) is 11.3 Å². The van der Waals surface area contributed by atoms with Crippen molar-refractivity contribution >= 4 is 11.8 Å². The molecule has 2 amide bonds. The highest BCUT2D eigenvalue weighted by Crippen LogP contribution is 2.22. The van der Waals surface area contributed by atoms with E-state index in [1.807, 2.05) is 55.5 Å². The van der Waals surface area contributed by atoms with Gasteiger partial charge in [0.25, 0.3) is 11.8 Å². The van der Waals surface area contributed by atoms with E-state index < -0.39 is 0 Å². The zero-order valence-corrected chi connectivity index (χ0v) is 19.7. The van der Waals surface area contributed by atoms with Crippen LogP contribution in [-0.4, -0.2) is 50.8 Å². The van der Waals surface area contributed by atoms with E-state index in [2.05, 4.69) is 36.4 Å². The van der Waals surface area contributed by atoms with E-state index in [1.165, 1.54) is 5.56 Å². The highest BCUT2D eigenvalue weighted by Gasteiger charge is 2.26. The Morgan fingerprint density at radius 1 is 0.970 bits per heavy atom. The normalized spacial score (nSPS) is 14.8. The number of carbonyl (C=O) groups excluding carboxylic acids is 2. The molecule has 0 saturated carbocycles. The van der Waals surface area contributed by atoms with Crippen molar-refractivity contribution in [3.8, 4) is 5.69 Å². The van der Waals surface area contributed by atoms with E-state index in [-0.39, 0.29) is 23.3 Å². The van der Waals surface area contributed by atoms with Crippen LogP contribution in [0.1, 0.15) is 65.6 Å². The SMILES string of the molecule is Cc1ccc(-n2cc(C(=O)N3CCC(NC(=O)c4ccc(C(C)(C)C)cc4)CC3)nn2)cc1. The second-order valence-corrected chi connectivity index (χ2v) is 9.75. The van der Waals surface area contributed by atoms with Crippen molar-refractivity contribution in [3.05, 3.63) is 77.1 Å². The standard InChI is InChI=1S/C26H31N5O2/c1-18-5-11-22(12-6-18)31-17-23(28-29-31)25(33)30-15-13-21(14-16-30)27-24(32)19-7-9-20(10-8-19)26(2,3)4/h5-12,17,21H,13-16H2,1-4H3,(H,27,32). The fourth-order valence-corrected chi connectivity index (χ4v) is 3.96. The molecule has 4 rings (SSSR count). The highest BCUT2D eigenvalue weighted by molar-refractivity contribution is 5.94. The molecule has 2 aromatic carbocycles. The van der Waals surface area contributed by atoms with Crippen LogP contribution in [0.5, 0.6) is 0 Å².